The lowest BCUT2D eigenvalue weighted by atomic mass is 9.69. The van der Waals surface area contributed by atoms with E-state index in [1.165, 1.54) is 24.3 Å². The van der Waals surface area contributed by atoms with Gasteiger partial charge >= 0.3 is 12.3 Å². The first-order valence-corrected chi connectivity index (χ1v) is 14.3. The lowest BCUT2D eigenvalue weighted by Crippen LogP contribution is -2.50. The van der Waals surface area contributed by atoms with Gasteiger partial charge in [-0.2, -0.15) is 0 Å². The van der Waals surface area contributed by atoms with E-state index in [9.17, 15) is 27.6 Å². The summed E-state index contributed by atoms with van der Waals surface area (Å²) in [4.78, 5) is 43.6. The number of benzene rings is 1. The van der Waals surface area contributed by atoms with E-state index >= 15 is 0 Å². The maximum atomic E-state index is 13.8. The molecule has 42 heavy (non-hydrogen) atoms. The van der Waals surface area contributed by atoms with Crippen LogP contribution in [0.3, 0.4) is 0 Å². The molecule has 228 valence electrons. The Bertz CT molecular complexity index is 1270. The minimum absolute atomic E-state index is 0.0741. The molecule has 1 unspecified atom stereocenters. The van der Waals surface area contributed by atoms with E-state index < -0.39 is 18.0 Å². The number of aliphatic carboxylic acids is 1. The third-order valence-corrected chi connectivity index (χ3v) is 8.42. The highest BCUT2D eigenvalue weighted by molar-refractivity contribution is 6.46. The first kappa shape index (κ1) is 31.3. The molecule has 2 amide bonds. The quantitative estimate of drug-likeness (QED) is 0.388. The zero-order chi connectivity index (χ0) is 30.7. The molecule has 1 fully saturated rings. The molecule has 8 nitrogen and oxygen atoms in total. The lowest BCUT2D eigenvalue weighted by Gasteiger charge is -2.45. The molecule has 0 saturated heterocycles. The van der Waals surface area contributed by atoms with Crippen LogP contribution in [-0.4, -0.2) is 58.6 Å². The standard InChI is InChI=1S/C31H38F3N3O5/c1-29(2,3)23-12-16-30(17-13-23)36-26(21-8-10-24(11-9-21)42-31(32,33)34)28(41)37(30)19-15-20-4-6-22(7-5-20)27(40)35-18-14-25(38)39/h4-6,8-11,22-23H,7,12-19H2,1-3H3,(H,35,40)(H,38,39). The SMILES string of the molecule is CC(C)(C)C1CCC2(CC1)N=C(c1ccc(OC(F)(F)F)cc1)C(=O)N2CCC1=CCC(C(=O)NCCC(=O)O)C=C1. The molecular formula is C31H38F3N3O5. The Morgan fingerprint density at radius 3 is 2.36 bits per heavy atom. The summed E-state index contributed by atoms with van der Waals surface area (Å²) in [5, 5.41) is 11.4. The Hall–Kier alpha value is -3.63. The molecule has 2 aliphatic carbocycles. The van der Waals surface area contributed by atoms with Crippen LogP contribution in [0.5, 0.6) is 5.75 Å². The van der Waals surface area contributed by atoms with Gasteiger partial charge in [0, 0.05) is 18.7 Å². The van der Waals surface area contributed by atoms with Gasteiger partial charge in [0.25, 0.3) is 5.91 Å². The third-order valence-electron chi connectivity index (χ3n) is 8.42. The first-order chi connectivity index (χ1) is 19.7. The zero-order valence-corrected chi connectivity index (χ0v) is 24.2. The molecule has 3 aliphatic rings. The highest BCUT2D eigenvalue weighted by Crippen LogP contribution is 2.47. The number of nitrogens with zero attached hydrogens (tertiary/aromatic N) is 2. The van der Waals surface area contributed by atoms with E-state index in [1.54, 1.807) is 6.08 Å². The summed E-state index contributed by atoms with van der Waals surface area (Å²) in [5.41, 5.74) is 1.10. The van der Waals surface area contributed by atoms with E-state index in [0.717, 1.165) is 18.4 Å². The van der Waals surface area contributed by atoms with Crippen LogP contribution < -0.4 is 10.1 Å². The smallest absolute Gasteiger partial charge is 0.481 e. The van der Waals surface area contributed by atoms with Crippen molar-refractivity contribution in [2.24, 2.45) is 22.2 Å². The van der Waals surface area contributed by atoms with Crippen molar-refractivity contribution >= 4 is 23.5 Å². The van der Waals surface area contributed by atoms with Gasteiger partial charge in [0.15, 0.2) is 0 Å². The summed E-state index contributed by atoms with van der Waals surface area (Å²) >= 11 is 0. The summed E-state index contributed by atoms with van der Waals surface area (Å²) in [5.74, 6) is -1.70. The number of hydrogen-bond acceptors (Lipinski definition) is 5. The van der Waals surface area contributed by atoms with Crippen molar-refractivity contribution in [3.05, 3.63) is 53.6 Å². The van der Waals surface area contributed by atoms with Crippen LogP contribution in [0.4, 0.5) is 13.2 Å². The Labute approximate surface area is 243 Å². The molecule has 1 heterocycles. The van der Waals surface area contributed by atoms with Crippen molar-refractivity contribution in [1.82, 2.24) is 10.2 Å². The number of carboxylic acids is 1. The van der Waals surface area contributed by atoms with E-state index in [4.69, 9.17) is 10.1 Å². The molecule has 4 rings (SSSR count). The summed E-state index contributed by atoms with van der Waals surface area (Å²) in [6, 6.07) is 5.25. The molecule has 1 aromatic rings. The van der Waals surface area contributed by atoms with Gasteiger partial charge in [-0.15, -0.1) is 13.2 Å². The van der Waals surface area contributed by atoms with Crippen LogP contribution in [0, 0.1) is 17.3 Å². The summed E-state index contributed by atoms with van der Waals surface area (Å²) in [7, 11) is 0. The van der Waals surface area contributed by atoms with Crippen molar-refractivity contribution in [3.63, 3.8) is 0 Å². The minimum Gasteiger partial charge on any atom is -0.481 e. The van der Waals surface area contributed by atoms with Gasteiger partial charge < -0.3 is 20.1 Å². The average molecular weight is 590 g/mol. The maximum absolute atomic E-state index is 13.8. The van der Waals surface area contributed by atoms with Gasteiger partial charge in [-0.3, -0.25) is 19.4 Å². The van der Waals surface area contributed by atoms with E-state index in [2.05, 4.69) is 30.8 Å². The van der Waals surface area contributed by atoms with Crippen LogP contribution in [0.2, 0.25) is 0 Å². The Morgan fingerprint density at radius 1 is 1.14 bits per heavy atom. The predicted molar refractivity (Wildman–Crippen MR) is 151 cm³/mol. The molecule has 1 aliphatic heterocycles. The molecule has 0 radical (unpaired) electrons. The number of nitrogens with one attached hydrogen (secondary N) is 1. The van der Waals surface area contributed by atoms with Crippen LogP contribution in [0.1, 0.15) is 71.3 Å². The molecule has 1 aromatic carbocycles. The summed E-state index contributed by atoms with van der Waals surface area (Å²) in [6.07, 6.45) is 4.94. The van der Waals surface area contributed by atoms with Crippen LogP contribution in [0.25, 0.3) is 0 Å². The number of carbonyl (C=O) groups excluding carboxylic acids is 2. The van der Waals surface area contributed by atoms with Gasteiger partial charge in [0.2, 0.25) is 5.91 Å². The molecule has 0 aromatic heterocycles. The first-order valence-electron chi connectivity index (χ1n) is 14.3. The van der Waals surface area contributed by atoms with Crippen molar-refractivity contribution in [2.45, 2.75) is 77.7 Å². The highest BCUT2D eigenvalue weighted by atomic mass is 19.4. The predicted octanol–water partition coefficient (Wildman–Crippen LogP) is 5.63. The molecular weight excluding hydrogens is 551 g/mol. The van der Waals surface area contributed by atoms with Crippen molar-refractivity contribution in [2.75, 3.05) is 13.1 Å². The van der Waals surface area contributed by atoms with Crippen LogP contribution >= 0.6 is 0 Å². The molecule has 2 N–H and O–H groups in total. The van der Waals surface area contributed by atoms with Gasteiger partial charge in [-0.1, -0.05) is 44.6 Å². The number of hydrogen-bond donors (Lipinski definition) is 2. The topological polar surface area (TPSA) is 108 Å². The van der Waals surface area contributed by atoms with Crippen LogP contribution in [-0.2, 0) is 14.4 Å². The molecule has 1 atom stereocenters. The Kier molecular flexibility index (Phi) is 9.18. The number of alkyl halides is 3. The second-order valence-electron chi connectivity index (χ2n) is 12.3. The van der Waals surface area contributed by atoms with E-state index in [1.807, 2.05) is 17.1 Å². The van der Waals surface area contributed by atoms with Crippen molar-refractivity contribution in [1.29, 1.82) is 0 Å². The Balaban J connectivity index is 1.46. The zero-order valence-electron chi connectivity index (χ0n) is 24.2. The molecule has 1 saturated carbocycles. The lowest BCUT2D eigenvalue weighted by molar-refractivity contribution is -0.274. The van der Waals surface area contributed by atoms with Crippen molar-refractivity contribution in [3.8, 4) is 5.75 Å². The van der Waals surface area contributed by atoms with Gasteiger partial charge in [-0.05, 0) is 74.1 Å². The number of aliphatic imine (C=N–C) groups is 1. The molecule has 1 spiro atoms. The fraction of sp³-hybridized carbons (Fsp3) is 0.548. The van der Waals surface area contributed by atoms with E-state index in [0.29, 0.717) is 43.7 Å². The fourth-order valence-electron chi connectivity index (χ4n) is 5.98. The van der Waals surface area contributed by atoms with Gasteiger partial charge in [0.05, 0.1) is 12.3 Å². The average Bonchev–Trinajstić information content (AvgIpc) is 3.17. The van der Waals surface area contributed by atoms with Gasteiger partial charge in [-0.25, -0.2) is 0 Å². The van der Waals surface area contributed by atoms with Crippen LogP contribution in [0.15, 0.2) is 53.1 Å². The number of halogens is 3. The molecule has 11 heteroatoms. The number of ether oxygens (including phenoxy) is 1. The normalized spacial score (nSPS) is 24.4. The van der Waals surface area contributed by atoms with Gasteiger partial charge in [0.1, 0.15) is 17.1 Å². The number of carboxylic acid groups (broad SMARTS) is 1. The number of allylic oxidation sites excluding steroid dienone is 2. The second-order valence-corrected chi connectivity index (χ2v) is 12.3. The number of rotatable bonds is 9. The minimum atomic E-state index is -4.80. The second kappa shape index (κ2) is 12.3. The summed E-state index contributed by atoms with van der Waals surface area (Å²) in [6.45, 7) is 7.13. The molecule has 0 bridgehead atoms. The Morgan fingerprint density at radius 2 is 1.81 bits per heavy atom. The van der Waals surface area contributed by atoms with E-state index in [-0.39, 0.29) is 47.6 Å². The number of amides is 2. The maximum Gasteiger partial charge on any atom is 0.573 e. The number of carbonyl (C=O) groups is 3. The fourth-order valence-corrected chi connectivity index (χ4v) is 5.98. The highest BCUT2D eigenvalue weighted by Gasteiger charge is 2.49. The summed E-state index contributed by atoms with van der Waals surface area (Å²) < 4.78 is 41.9. The monoisotopic (exact) mass is 589 g/mol. The largest absolute Gasteiger partial charge is 0.573 e. The third kappa shape index (κ3) is 7.60. The van der Waals surface area contributed by atoms with Crippen molar-refractivity contribution < 1.29 is 37.4 Å².